The molecular formula is C11H18N2O2S. The van der Waals surface area contributed by atoms with Gasteiger partial charge >= 0.3 is 0 Å². The summed E-state index contributed by atoms with van der Waals surface area (Å²) in [4.78, 5) is 0. The minimum absolute atomic E-state index is 0.109. The van der Waals surface area contributed by atoms with Gasteiger partial charge in [-0.2, -0.15) is 0 Å². The van der Waals surface area contributed by atoms with Gasteiger partial charge in [0.15, 0.2) is 0 Å². The smallest absolute Gasteiger partial charge is 0.211 e. The Balaban J connectivity index is 2.56. The molecule has 0 amide bonds. The molecule has 0 aliphatic heterocycles. The molecule has 3 N–H and O–H groups in total. The molecule has 0 heterocycles. The molecule has 0 radical (unpaired) electrons. The molecule has 0 saturated heterocycles. The molecule has 16 heavy (non-hydrogen) atoms. The maximum atomic E-state index is 11.2. The van der Waals surface area contributed by atoms with Gasteiger partial charge in [-0.25, -0.2) is 13.1 Å². The zero-order chi connectivity index (χ0) is 12.0. The van der Waals surface area contributed by atoms with E-state index in [1.807, 2.05) is 24.3 Å². The average molecular weight is 242 g/mol. The molecule has 4 nitrogen and oxygen atoms in total. The topological polar surface area (TPSA) is 72.2 Å². The Morgan fingerprint density at radius 3 is 2.25 bits per heavy atom. The summed E-state index contributed by atoms with van der Waals surface area (Å²) in [7, 11) is -3.11. The van der Waals surface area contributed by atoms with Crippen molar-refractivity contribution in [2.75, 3.05) is 12.3 Å². The first-order chi connectivity index (χ1) is 7.57. The van der Waals surface area contributed by atoms with Crippen molar-refractivity contribution in [1.82, 2.24) is 4.72 Å². The van der Waals surface area contributed by atoms with Crippen LogP contribution in [0.25, 0.3) is 0 Å². The second kappa shape index (κ2) is 5.98. The summed E-state index contributed by atoms with van der Waals surface area (Å²) in [5, 5.41) is 0. The van der Waals surface area contributed by atoms with E-state index in [0.717, 1.165) is 12.0 Å². The molecule has 0 atom stereocenters. The standard InChI is InChI=1S/C11H18N2O2S/c1-2-16(14,15)13-9-11-5-3-10(4-6-11)7-8-12/h3-6,13H,2,7-9,12H2,1H3. The van der Waals surface area contributed by atoms with Gasteiger partial charge in [-0.3, -0.25) is 0 Å². The fourth-order valence-electron chi connectivity index (χ4n) is 1.29. The molecule has 0 aliphatic carbocycles. The van der Waals surface area contributed by atoms with E-state index in [2.05, 4.69) is 4.72 Å². The Bertz CT molecular complexity index is 412. The summed E-state index contributed by atoms with van der Waals surface area (Å²) in [5.74, 6) is 0.109. The van der Waals surface area contributed by atoms with Crippen LogP contribution in [0.4, 0.5) is 0 Å². The summed E-state index contributed by atoms with van der Waals surface area (Å²) >= 11 is 0. The largest absolute Gasteiger partial charge is 0.330 e. The highest BCUT2D eigenvalue weighted by molar-refractivity contribution is 7.89. The van der Waals surface area contributed by atoms with Gasteiger partial charge in [-0.15, -0.1) is 0 Å². The van der Waals surface area contributed by atoms with Crippen molar-refractivity contribution in [2.45, 2.75) is 19.9 Å². The van der Waals surface area contributed by atoms with Crippen LogP contribution in [-0.2, 0) is 23.0 Å². The summed E-state index contributed by atoms with van der Waals surface area (Å²) in [6.45, 7) is 2.59. The van der Waals surface area contributed by atoms with Gasteiger partial charge in [-0.05, 0) is 31.0 Å². The molecule has 1 rings (SSSR count). The van der Waals surface area contributed by atoms with Gasteiger partial charge in [-0.1, -0.05) is 24.3 Å². The molecule has 0 aliphatic rings. The lowest BCUT2D eigenvalue weighted by atomic mass is 10.1. The van der Waals surface area contributed by atoms with E-state index in [1.165, 1.54) is 5.56 Å². The van der Waals surface area contributed by atoms with Gasteiger partial charge in [0.25, 0.3) is 0 Å². The highest BCUT2D eigenvalue weighted by Crippen LogP contribution is 2.05. The van der Waals surface area contributed by atoms with Crippen LogP contribution >= 0.6 is 0 Å². The lowest BCUT2D eigenvalue weighted by molar-refractivity contribution is 0.582. The van der Waals surface area contributed by atoms with Crippen LogP contribution in [0.2, 0.25) is 0 Å². The average Bonchev–Trinajstić information content (AvgIpc) is 2.29. The maximum absolute atomic E-state index is 11.2. The first-order valence-corrected chi connectivity index (χ1v) is 6.98. The van der Waals surface area contributed by atoms with Crippen LogP contribution < -0.4 is 10.5 Å². The Hall–Kier alpha value is -0.910. The number of nitrogens with one attached hydrogen (secondary N) is 1. The number of hydrogen-bond donors (Lipinski definition) is 2. The van der Waals surface area contributed by atoms with Crippen molar-refractivity contribution in [3.63, 3.8) is 0 Å². The van der Waals surface area contributed by atoms with Crippen LogP contribution in [0.5, 0.6) is 0 Å². The fraction of sp³-hybridized carbons (Fsp3) is 0.455. The normalized spacial score (nSPS) is 11.6. The Morgan fingerprint density at radius 1 is 1.19 bits per heavy atom. The number of rotatable bonds is 6. The van der Waals surface area contributed by atoms with Crippen LogP contribution in [0.1, 0.15) is 18.1 Å². The zero-order valence-electron chi connectivity index (χ0n) is 9.44. The first-order valence-electron chi connectivity index (χ1n) is 5.32. The zero-order valence-corrected chi connectivity index (χ0v) is 10.3. The predicted molar refractivity (Wildman–Crippen MR) is 65.5 cm³/mol. The number of hydrogen-bond acceptors (Lipinski definition) is 3. The molecular weight excluding hydrogens is 224 g/mol. The summed E-state index contributed by atoms with van der Waals surface area (Å²) in [5.41, 5.74) is 7.57. The number of nitrogens with two attached hydrogens (primary N) is 1. The van der Waals surface area contributed by atoms with Crippen LogP contribution in [0, 0.1) is 0 Å². The Morgan fingerprint density at radius 2 is 1.75 bits per heavy atom. The third-order valence-corrected chi connectivity index (χ3v) is 3.68. The van der Waals surface area contributed by atoms with Gasteiger partial charge in [0.05, 0.1) is 5.75 Å². The van der Waals surface area contributed by atoms with Crippen molar-refractivity contribution < 1.29 is 8.42 Å². The maximum Gasteiger partial charge on any atom is 0.211 e. The summed E-state index contributed by atoms with van der Waals surface area (Å²) in [6.07, 6.45) is 0.848. The molecule has 0 aromatic heterocycles. The SMILES string of the molecule is CCS(=O)(=O)NCc1ccc(CCN)cc1. The van der Waals surface area contributed by atoms with Gasteiger partial charge < -0.3 is 5.73 Å². The molecule has 0 spiro atoms. The molecule has 90 valence electrons. The second-order valence-electron chi connectivity index (χ2n) is 3.58. The molecule has 1 aromatic carbocycles. The van der Waals surface area contributed by atoms with E-state index in [9.17, 15) is 8.42 Å². The Kier molecular flexibility index (Phi) is 4.92. The van der Waals surface area contributed by atoms with Gasteiger partial charge in [0.1, 0.15) is 0 Å². The van der Waals surface area contributed by atoms with Crippen molar-refractivity contribution in [3.8, 4) is 0 Å². The quantitative estimate of drug-likeness (QED) is 0.768. The minimum atomic E-state index is -3.11. The fourth-order valence-corrected chi connectivity index (χ4v) is 1.88. The molecule has 5 heteroatoms. The first kappa shape index (κ1) is 13.2. The molecule has 0 bridgehead atoms. The molecule has 0 saturated carbocycles. The van der Waals surface area contributed by atoms with Crippen LogP contribution in [0.15, 0.2) is 24.3 Å². The molecule has 0 unspecified atom stereocenters. The van der Waals surface area contributed by atoms with E-state index in [1.54, 1.807) is 6.92 Å². The van der Waals surface area contributed by atoms with E-state index in [-0.39, 0.29) is 5.75 Å². The lowest BCUT2D eigenvalue weighted by Crippen LogP contribution is -2.24. The number of sulfonamides is 1. The highest BCUT2D eigenvalue weighted by Gasteiger charge is 2.05. The summed E-state index contributed by atoms with van der Waals surface area (Å²) in [6, 6.07) is 7.79. The van der Waals surface area contributed by atoms with Gasteiger partial charge in [0.2, 0.25) is 10.0 Å². The van der Waals surface area contributed by atoms with E-state index >= 15 is 0 Å². The Labute approximate surface area is 96.9 Å². The monoisotopic (exact) mass is 242 g/mol. The van der Waals surface area contributed by atoms with Crippen molar-refractivity contribution >= 4 is 10.0 Å². The van der Waals surface area contributed by atoms with E-state index in [4.69, 9.17) is 5.73 Å². The third kappa shape index (κ3) is 4.30. The minimum Gasteiger partial charge on any atom is -0.330 e. The van der Waals surface area contributed by atoms with E-state index in [0.29, 0.717) is 13.1 Å². The summed E-state index contributed by atoms with van der Waals surface area (Å²) < 4.78 is 25.0. The highest BCUT2D eigenvalue weighted by atomic mass is 32.2. The second-order valence-corrected chi connectivity index (χ2v) is 5.68. The van der Waals surface area contributed by atoms with Crippen LogP contribution in [-0.4, -0.2) is 20.7 Å². The van der Waals surface area contributed by atoms with Crippen molar-refractivity contribution in [3.05, 3.63) is 35.4 Å². The lowest BCUT2D eigenvalue weighted by Gasteiger charge is -2.05. The van der Waals surface area contributed by atoms with Crippen LogP contribution in [0.3, 0.4) is 0 Å². The third-order valence-electron chi connectivity index (χ3n) is 2.33. The molecule has 1 aromatic rings. The van der Waals surface area contributed by atoms with E-state index < -0.39 is 10.0 Å². The number of benzene rings is 1. The van der Waals surface area contributed by atoms with Crippen molar-refractivity contribution in [1.29, 1.82) is 0 Å². The predicted octanol–water partition coefficient (Wildman–Crippen LogP) is 0.627. The molecule has 0 fully saturated rings. The van der Waals surface area contributed by atoms with Crippen molar-refractivity contribution in [2.24, 2.45) is 5.73 Å². The van der Waals surface area contributed by atoms with Gasteiger partial charge in [0, 0.05) is 6.54 Å².